The molecule has 0 amide bonds. The number of nitrogens with zero attached hydrogens (tertiary/aromatic N) is 2. The van der Waals surface area contributed by atoms with E-state index in [1.165, 1.54) is 5.56 Å². The molecule has 1 rings (SSSR count). The minimum atomic E-state index is 0.163. The number of alkyl halides is 1. The zero-order chi connectivity index (χ0) is 11.5. The Balaban J connectivity index is 2.81. The van der Waals surface area contributed by atoms with Crippen LogP contribution in [-0.4, -0.2) is 24.5 Å². The number of anilines is 1. The SMILES string of the molecule is CN(CCCl)c1ccc(C(C)(C)C)cn1. The van der Waals surface area contributed by atoms with Crippen LogP contribution < -0.4 is 4.90 Å². The fourth-order valence-electron chi connectivity index (χ4n) is 1.30. The van der Waals surface area contributed by atoms with Crippen molar-refractivity contribution in [3.8, 4) is 0 Å². The molecule has 0 saturated carbocycles. The van der Waals surface area contributed by atoms with Gasteiger partial charge in [0.25, 0.3) is 0 Å². The summed E-state index contributed by atoms with van der Waals surface area (Å²) in [6, 6.07) is 4.18. The number of rotatable bonds is 3. The van der Waals surface area contributed by atoms with Gasteiger partial charge in [-0.1, -0.05) is 26.8 Å². The zero-order valence-electron chi connectivity index (χ0n) is 9.92. The molecule has 0 aliphatic rings. The Morgan fingerprint density at radius 1 is 1.33 bits per heavy atom. The third-order valence-electron chi connectivity index (χ3n) is 2.42. The van der Waals surface area contributed by atoms with Crippen molar-refractivity contribution in [3.63, 3.8) is 0 Å². The third kappa shape index (κ3) is 3.38. The van der Waals surface area contributed by atoms with Crippen LogP contribution in [0.25, 0.3) is 0 Å². The van der Waals surface area contributed by atoms with E-state index in [0.29, 0.717) is 5.88 Å². The number of pyridine rings is 1. The molecule has 0 aliphatic heterocycles. The molecule has 15 heavy (non-hydrogen) atoms. The minimum absolute atomic E-state index is 0.163. The number of halogens is 1. The lowest BCUT2D eigenvalue weighted by Gasteiger charge is -2.21. The molecule has 3 heteroatoms. The highest BCUT2D eigenvalue weighted by atomic mass is 35.5. The summed E-state index contributed by atoms with van der Waals surface area (Å²) in [4.78, 5) is 6.49. The Hall–Kier alpha value is -0.760. The average molecular weight is 227 g/mol. The molecule has 0 atom stereocenters. The van der Waals surface area contributed by atoms with Crippen LogP contribution in [0.1, 0.15) is 26.3 Å². The molecular formula is C12H19ClN2. The molecule has 2 nitrogen and oxygen atoms in total. The normalized spacial score (nSPS) is 11.5. The molecule has 0 aliphatic carbocycles. The fraction of sp³-hybridized carbons (Fsp3) is 0.583. The Labute approximate surface area is 97.3 Å². The van der Waals surface area contributed by atoms with Crippen LogP contribution in [0, 0.1) is 0 Å². The Morgan fingerprint density at radius 2 is 2.00 bits per heavy atom. The molecule has 0 spiro atoms. The highest BCUT2D eigenvalue weighted by Gasteiger charge is 2.14. The molecule has 0 fully saturated rings. The first kappa shape index (κ1) is 12.3. The summed E-state index contributed by atoms with van der Waals surface area (Å²) in [5.41, 5.74) is 1.42. The van der Waals surface area contributed by atoms with Crippen molar-refractivity contribution in [1.29, 1.82) is 0 Å². The van der Waals surface area contributed by atoms with E-state index in [1.807, 2.05) is 19.3 Å². The predicted molar refractivity (Wildman–Crippen MR) is 66.9 cm³/mol. The minimum Gasteiger partial charge on any atom is -0.358 e. The van der Waals surface area contributed by atoms with Crippen molar-refractivity contribution in [1.82, 2.24) is 4.98 Å². The quantitative estimate of drug-likeness (QED) is 0.737. The van der Waals surface area contributed by atoms with Crippen molar-refractivity contribution in [2.45, 2.75) is 26.2 Å². The maximum absolute atomic E-state index is 5.68. The number of hydrogen-bond acceptors (Lipinski definition) is 2. The van der Waals surface area contributed by atoms with Crippen LogP contribution in [0.4, 0.5) is 5.82 Å². The summed E-state index contributed by atoms with van der Waals surface area (Å²) in [5, 5.41) is 0. The summed E-state index contributed by atoms with van der Waals surface area (Å²) in [6.45, 7) is 7.38. The fourth-order valence-corrected chi connectivity index (χ4v) is 1.55. The molecule has 0 bridgehead atoms. The summed E-state index contributed by atoms with van der Waals surface area (Å²) in [7, 11) is 2.00. The van der Waals surface area contributed by atoms with Gasteiger partial charge in [-0.2, -0.15) is 0 Å². The van der Waals surface area contributed by atoms with E-state index in [4.69, 9.17) is 11.6 Å². The predicted octanol–water partition coefficient (Wildman–Crippen LogP) is 3.05. The van der Waals surface area contributed by atoms with Crippen LogP contribution in [0.5, 0.6) is 0 Å². The Kier molecular flexibility index (Phi) is 3.97. The number of aromatic nitrogens is 1. The molecule has 1 aromatic rings. The van der Waals surface area contributed by atoms with Crippen molar-refractivity contribution >= 4 is 17.4 Å². The first-order valence-corrected chi connectivity index (χ1v) is 5.72. The second-order valence-electron chi connectivity index (χ2n) is 4.77. The second kappa shape index (κ2) is 4.84. The molecule has 0 unspecified atom stereocenters. The molecule has 1 aromatic heterocycles. The van der Waals surface area contributed by atoms with Crippen molar-refractivity contribution in [2.75, 3.05) is 24.4 Å². The van der Waals surface area contributed by atoms with Gasteiger partial charge in [-0.3, -0.25) is 0 Å². The molecule has 0 N–H and O–H groups in total. The highest BCUT2D eigenvalue weighted by molar-refractivity contribution is 6.18. The maximum atomic E-state index is 5.68. The summed E-state index contributed by atoms with van der Waals surface area (Å²) in [6.07, 6.45) is 1.94. The summed E-state index contributed by atoms with van der Waals surface area (Å²) in [5.74, 6) is 1.60. The topological polar surface area (TPSA) is 16.1 Å². The van der Waals surface area contributed by atoms with Crippen LogP contribution >= 0.6 is 11.6 Å². The van der Waals surface area contributed by atoms with E-state index in [-0.39, 0.29) is 5.41 Å². The standard InChI is InChI=1S/C12H19ClN2/c1-12(2,3)10-5-6-11(14-9-10)15(4)8-7-13/h5-6,9H,7-8H2,1-4H3. The van der Waals surface area contributed by atoms with E-state index >= 15 is 0 Å². The first-order chi connectivity index (χ1) is 6.95. The van der Waals surface area contributed by atoms with Crippen molar-refractivity contribution in [2.24, 2.45) is 0 Å². The lowest BCUT2D eigenvalue weighted by Crippen LogP contribution is -2.21. The molecule has 0 saturated heterocycles. The first-order valence-electron chi connectivity index (χ1n) is 5.19. The van der Waals surface area contributed by atoms with E-state index in [0.717, 1.165) is 12.4 Å². The van der Waals surface area contributed by atoms with Gasteiger partial charge in [-0.15, -0.1) is 11.6 Å². The van der Waals surface area contributed by atoms with E-state index in [9.17, 15) is 0 Å². The van der Waals surface area contributed by atoms with Gasteiger partial charge in [0.05, 0.1) is 0 Å². The van der Waals surface area contributed by atoms with Crippen molar-refractivity contribution < 1.29 is 0 Å². The van der Waals surface area contributed by atoms with Gasteiger partial charge in [0.15, 0.2) is 0 Å². The lowest BCUT2D eigenvalue weighted by atomic mass is 9.88. The van der Waals surface area contributed by atoms with Gasteiger partial charge in [0.1, 0.15) is 5.82 Å². The maximum Gasteiger partial charge on any atom is 0.128 e. The third-order valence-corrected chi connectivity index (χ3v) is 2.59. The van der Waals surface area contributed by atoms with E-state index in [1.54, 1.807) is 0 Å². The highest BCUT2D eigenvalue weighted by Crippen LogP contribution is 2.22. The van der Waals surface area contributed by atoms with Crippen LogP contribution in [-0.2, 0) is 5.41 Å². The van der Waals surface area contributed by atoms with Gasteiger partial charge in [0.2, 0.25) is 0 Å². The smallest absolute Gasteiger partial charge is 0.128 e. The molecule has 1 heterocycles. The molecular weight excluding hydrogens is 208 g/mol. The lowest BCUT2D eigenvalue weighted by molar-refractivity contribution is 0.587. The summed E-state index contributed by atoms with van der Waals surface area (Å²) >= 11 is 5.68. The largest absolute Gasteiger partial charge is 0.358 e. The summed E-state index contributed by atoms with van der Waals surface area (Å²) < 4.78 is 0. The molecule has 0 radical (unpaired) electrons. The van der Waals surface area contributed by atoms with Crippen LogP contribution in [0.2, 0.25) is 0 Å². The van der Waals surface area contributed by atoms with Gasteiger partial charge in [0, 0.05) is 25.7 Å². The molecule has 84 valence electrons. The number of hydrogen-bond donors (Lipinski definition) is 0. The Morgan fingerprint density at radius 3 is 2.40 bits per heavy atom. The van der Waals surface area contributed by atoms with Crippen LogP contribution in [0.15, 0.2) is 18.3 Å². The second-order valence-corrected chi connectivity index (χ2v) is 5.14. The van der Waals surface area contributed by atoms with Gasteiger partial charge in [-0.25, -0.2) is 4.98 Å². The van der Waals surface area contributed by atoms with Crippen molar-refractivity contribution in [3.05, 3.63) is 23.9 Å². The monoisotopic (exact) mass is 226 g/mol. The zero-order valence-corrected chi connectivity index (χ0v) is 10.7. The van der Waals surface area contributed by atoms with E-state index < -0.39 is 0 Å². The Bertz CT molecular complexity index is 300. The van der Waals surface area contributed by atoms with Gasteiger partial charge < -0.3 is 4.90 Å². The average Bonchev–Trinajstić information content (AvgIpc) is 2.17. The van der Waals surface area contributed by atoms with Gasteiger partial charge >= 0.3 is 0 Å². The van der Waals surface area contributed by atoms with E-state index in [2.05, 4.69) is 36.7 Å². The van der Waals surface area contributed by atoms with Crippen LogP contribution in [0.3, 0.4) is 0 Å². The molecule has 0 aromatic carbocycles. The van der Waals surface area contributed by atoms with Gasteiger partial charge in [-0.05, 0) is 17.0 Å².